The summed E-state index contributed by atoms with van der Waals surface area (Å²) < 4.78 is 10.1. The van der Waals surface area contributed by atoms with E-state index in [1.165, 1.54) is 0 Å². The molecule has 360 valence electrons. The van der Waals surface area contributed by atoms with E-state index in [9.17, 15) is 48.7 Å². The van der Waals surface area contributed by atoms with Crippen molar-refractivity contribution in [3.05, 3.63) is 71.8 Å². The normalized spacial score (nSPS) is 13.4. The fourth-order valence-electron chi connectivity index (χ4n) is 5.85. The van der Waals surface area contributed by atoms with Crippen molar-refractivity contribution >= 4 is 75.6 Å². The fraction of sp³-hybridized carbons (Fsp3) is 0.522. The first-order chi connectivity index (χ1) is 30.9. The fourth-order valence-corrected chi connectivity index (χ4v) is 7.45. The van der Waals surface area contributed by atoms with Crippen molar-refractivity contribution in [1.82, 2.24) is 31.9 Å². The quantitative estimate of drug-likeness (QED) is 0.0557. The number of hydrogen-bond acceptors (Lipinski definition) is 14. The maximum Gasteiger partial charge on any atom is 0.306 e. The molecule has 0 aliphatic rings. The van der Waals surface area contributed by atoms with Crippen molar-refractivity contribution in [3.8, 4) is 6.07 Å². The summed E-state index contributed by atoms with van der Waals surface area (Å²) in [6.07, 6.45) is -0.996. The number of thioether (sulfide) groups is 1. The summed E-state index contributed by atoms with van der Waals surface area (Å²) >= 11 is 6.65. The van der Waals surface area contributed by atoms with E-state index in [0.29, 0.717) is 9.76 Å². The number of nitrogens with zero attached hydrogens (tertiary/aromatic N) is 1. The van der Waals surface area contributed by atoms with Crippen molar-refractivity contribution < 1.29 is 52.9 Å². The van der Waals surface area contributed by atoms with Crippen LogP contribution in [-0.4, -0.2) is 117 Å². The number of nitrogens with one attached hydrogen (secondary N) is 6. The molecule has 7 N–H and O–H groups in total. The van der Waals surface area contributed by atoms with Crippen LogP contribution in [0, 0.1) is 11.3 Å². The van der Waals surface area contributed by atoms with E-state index in [1.807, 2.05) is 30.3 Å². The summed E-state index contributed by atoms with van der Waals surface area (Å²) in [6.45, 7) is 9.95. The van der Waals surface area contributed by atoms with E-state index in [1.54, 1.807) is 78.8 Å². The van der Waals surface area contributed by atoms with Crippen LogP contribution in [0.5, 0.6) is 0 Å². The highest BCUT2D eigenvalue weighted by molar-refractivity contribution is 8.24. The predicted molar refractivity (Wildman–Crippen MR) is 251 cm³/mol. The van der Waals surface area contributed by atoms with Gasteiger partial charge in [0, 0.05) is 32.2 Å². The van der Waals surface area contributed by atoms with Gasteiger partial charge in [0.15, 0.2) is 0 Å². The van der Waals surface area contributed by atoms with Crippen LogP contribution in [0.15, 0.2) is 60.7 Å². The minimum absolute atomic E-state index is 0.0423. The molecular formula is C46H63N7O11S2. The zero-order valence-corrected chi connectivity index (χ0v) is 40.2. The van der Waals surface area contributed by atoms with Crippen LogP contribution >= 0.6 is 24.0 Å². The van der Waals surface area contributed by atoms with Crippen molar-refractivity contribution in [3.63, 3.8) is 0 Å². The van der Waals surface area contributed by atoms with Crippen molar-refractivity contribution in [2.24, 2.45) is 0 Å². The van der Waals surface area contributed by atoms with E-state index in [4.69, 9.17) is 21.7 Å². The van der Waals surface area contributed by atoms with Gasteiger partial charge < -0.3 is 46.5 Å². The highest BCUT2D eigenvalue weighted by Gasteiger charge is 2.31. The third kappa shape index (κ3) is 23.3. The highest BCUT2D eigenvalue weighted by Crippen LogP contribution is 2.33. The number of ether oxygens (including phenoxy) is 2. The summed E-state index contributed by atoms with van der Waals surface area (Å²) in [5, 5.41) is 34.1. The monoisotopic (exact) mass is 953 g/mol. The summed E-state index contributed by atoms with van der Waals surface area (Å²) in [7, 11) is 0. The second-order valence-corrected chi connectivity index (χ2v) is 19.5. The number of thiocarbonyl (C=S) groups is 1. The second-order valence-electron chi connectivity index (χ2n) is 17.3. The highest BCUT2D eigenvalue weighted by atomic mass is 32.2. The molecule has 66 heavy (non-hydrogen) atoms. The maximum atomic E-state index is 13.8. The largest absolute Gasteiger partial charge is 0.460 e. The smallest absolute Gasteiger partial charge is 0.306 e. The van der Waals surface area contributed by atoms with E-state index in [0.717, 1.165) is 17.3 Å². The SMILES string of the molecule is CC(C)(C)OC(=O)CC[C@H](NC(=O)CNC(=O)CCC(C)(C#N)SC(=S)c1ccccc1)C(=O)NCC(=O)N[C@@H](Cc1ccccc1)C(=O)N[C@@H](CCC(=O)OC(C)(C)C)C(=O)NCCO. The maximum absolute atomic E-state index is 13.8. The molecule has 0 saturated heterocycles. The zero-order valence-electron chi connectivity index (χ0n) is 38.6. The number of carbonyl (C=O) groups is 8. The third-order valence-electron chi connectivity index (χ3n) is 9.01. The topological polar surface area (TPSA) is 271 Å². The molecule has 0 aliphatic carbocycles. The molecule has 0 fully saturated rings. The number of benzene rings is 2. The molecule has 6 amide bonds. The first-order valence-electron chi connectivity index (χ1n) is 21.4. The van der Waals surface area contributed by atoms with Gasteiger partial charge in [0.1, 0.15) is 34.1 Å². The Morgan fingerprint density at radius 2 is 1.14 bits per heavy atom. The van der Waals surface area contributed by atoms with Gasteiger partial charge in [-0.25, -0.2) is 0 Å². The van der Waals surface area contributed by atoms with Crippen molar-refractivity contribution in [2.75, 3.05) is 26.2 Å². The number of nitriles is 1. The Kier molecular flexibility index (Phi) is 23.5. The number of hydrogen-bond donors (Lipinski definition) is 7. The van der Waals surface area contributed by atoms with Gasteiger partial charge in [0.2, 0.25) is 35.4 Å². The summed E-state index contributed by atoms with van der Waals surface area (Å²) in [6, 6.07) is 16.0. The lowest BCUT2D eigenvalue weighted by Gasteiger charge is -2.24. The van der Waals surface area contributed by atoms with E-state index < -0.39 is 94.5 Å². The minimum atomic E-state index is -1.38. The molecule has 0 spiro atoms. The Morgan fingerprint density at radius 3 is 1.65 bits per heavy atom. The minimum Gasteiger partial charge on any atom is -0.460 e. The van der Waals surface area contributed by atoms with Gasteiger partial charge in [-0.3, -0.25) is 38.4 Å². The summed E-state index contributed by atoms with van der Waals surface area (Å²) in [4.78, 5) is 105. The third-order valence-corrected chi connectivity index (χ3v) is 10.7. The number of aliphatic hydroxyl groups excluding tert-OH is 1. The average Bonchev–Trinajstić information content (AvgIpc) is 3.25. The molecule has 0 radical (unpaired) electrons. The molecule has 0 aliphatic heterocycles. The second kappa shape index (κ2) is 27.5. The number of carbonyl (C=O) groups excluding carboxylic acids is 8. The lowest BCUT2D eigenvalue weighted by atomic mass is 10.0. The Hall–Kier alpha value is -5.91. The van der Waals surface area contributed by atoms with Gasteiger partial charge in [-0.1, -0.05) is 84.6 Å². The first kappa shape index (κ1) is 56.2. The first-order valence-corrected chi connectivity index (χ1v) is 22.6. The molecule has 20 heteroatoms. The van der Waals surface area contributed by atoms with Crippen LogP contribution < -0.4 is 31.9 Å². The Bertz CT molecular complexity index is 2040. The van der Waals surface area contributed by atoms with Gasteiger partial charge in [-0.05, 0) is 78.9 Å². The van der Waals surface area contributed by atoms with Crippen molar-refractivity contribution in [1.29, 1.82) is 5.26 Å². The number of esters is 2. The van der Waals surface area contributed by atoms with Crippen LogP contribution in [0.2, 0.25) is 0 Å². The van der Waals surface area contributed by atoms with Gasteiger partial charge in [0.05, 0.1) is 30.0 Å². The van der Waals surface area contributed by atoms with Gasteiger partial charge in [-0.15, -0.1) is 0 Å². The molecular weight excluding hydrogens is 891 g/mol. The van der Waals surface area contributed by atoms with Gasteiger partial charge >= 0.3 is 11.9 Å². The van der Waals surface area contributed by atoms with Crippen LogP contribution in [-0.2, 0) is 54.3 Å². The molecule has 18 nitrogen and oxygen atoms in total. The van der Waals surface area contributed by atoms with Crippen LogP contribution in [0.3, 0.4) is 0 Å². The molecule has 4 atom stereocenters. The van der Waals surface area contributed by atoms with Crippen LogP contribution in [0.25, 0.3) is 0 Å². The standard InChI is InChI=1S/C46H63N7O11S2/c1-44(2,3)63-38(58)20-18-32(51-36(56)27-49-35(55)22-23-46(7,29-47)66-43(65)31-16-12-9-13-17-31)41(61)50-28-37(57)52-34(26-30-14-10-8-11-15-30)42(62)53-33(40(60)48-24-25-54)19-21-39(59)64-45(4,5)6/h8-17,32-34,54H,18-28H2,1-7H3,(H,48,60)(H,49,55)(H,50,61)(H,51,56)(H,52,57)(H,53,62)/t32-,33-,34-,46?/m0/s1. The van der Waals surface area contributed by atoms with E-state index in [-0.39, 0.29) is 58.1 Å². The molecule has 2 aromatic carbocycles. The Balaban J connectivity index is 2.15. The number of aliphatic hydroxyl groups is 1. The van der Waals surface area contributed by atoms with E-state index >= 15 is 0 Å². The molecule has 0 heterocycles. The lowest BCUT2D eigenvalue weighted by molar-refractivity contribution is -0.156. The lowest BCUT2D eigenvalue weighted by Crippen LogP contribution is -2.56. The van der Waals surface area contributed by atoms with Gasteiger partial charge in [0.25, 0.3) is 0 Å². The Labute approximate surface area is 395 Å². The molecule has 0 aromatic heterocycles. The molecule has 0 bridgehead atoms. The van der Waals surface area contributed by atoms with Crippen LogP contribution in [0.1, 0.15) is 98.1 Å². The molecule has 2 aromatic rings. The predicted octanol–water partition coefficient (Wildman–Crippen LogP) is 2.44. The van der Waals surface area contributed by atoms with Gasteiger partial charge in [-0.2, -0.15) is 5.26 Å². The molecule has 2 rings (SSSR count). The Morgan fingerprint density at radius 1 is 0.652 bits per heavy atom. The summed E-state index contributed by atoms with van der Waals surface area (Å²) in [5.41, 5.74) is -0.225. The molecule has 0 saturated carbocycles. The van der Waals surface area contributed by atoms with Crippen LogP contribution in [0.4, 0.5) is 0 Å². The number of amides is 6. The van der Waals surface area contributed by atoms with Crippen molar-refractivity contribution in [2.45, 2.75) is 127 Å². The zero-order chi connectivity index (χ0) is 49.5. The summed E-state index contributed by atoms with van der Waals surface area (Å²) in [5.74, 6) is -5.76. The number of rotatable bonds is 25. The average molecular weight is 954 g/mol. The van der Waals surface area contributed by atoms with E-state index in [2.05, 4.69) is 38.0 Å². The molecule has 1 unspecified atom stereocenters.